The van der Waals surface area contributed by atoms with Gasteiger partial charge in [0.25, 0.3) is 0 Å². The Kier molecular flexibility index (Phi) is 4.98. The largest absolute Gasteiger partial charge is 0.342 e. The highest BCUT2D eigenvalue weighted by Gasteiger charge is 2.27. The van der Waals surface area contributed by atoms with Crippen molar-refractivity contribution in [3.05, 3.63) is 36.7 Å². The first-order valence-corrected chi connectivity index (χ1v) is 8.28. The van der Waals surface area contributed by atoms with Crippen LogP contribution < -0.4 is 5.32 Å². The standard InChI is InChI=1S/C17H22N6O/c1-12(2)17(24)23-9-3-13(4-10-23)15-16(21-8-7-20-15)22-14-11-18-5-6-19-14/h5-8,11-13H,3-4,9-10H2,1-2H3,(H,19,21,22). The lowest BCUT2D eigenvalue weighted by molar-refractivity contribution is -0.135. The molecule has 0 aromatic carbocycles. The summed E-state index contributed by atoms with van der Waals surface area (Å²) < 4.78 is 0. The fourth-order valence-electron chi connectivity index (χ4n) is 2.97. The summed E-state index contributed by atoms with van der Waals surface area (Å²) in [5.74, 6) is 1.92. The van der Waals surface area contributed by atoms with Crippen molar-refractivity contribution in [3.63, 3.8) is 0 Å². The number of nitrogens with one attached hydrogen (secondary N) is 1. The molecule has 7 heteroatoms. The molecule has 1 fully saturated rings. The molecule has 3 rings (SSSR count). The number of carbonyl (C=O) groups is 1. The van der Waals surface area contributed by atoms with Crippen molar-refractivity contribution in [3.8, 4) is 0 Å². The van der Waals surface area contributed by atoms with Gasteiger partial charge in [-0.05, 0) is 12.8 Å². The van der Waals surface area contributed by atoms with Gasteiger partial charge >= 0.3 is 0 Å². The maximum Gasteiger partial charge on any atom is 0.225 e. The van der Waals surface area contributed by atoms with Crippen LogP contribution in [0.5, 0.6) is 0 Å². The number of hydrogen-bond acceptors (Lipinski definition) is 6. The second-order valence-corrected chi connectivity index (χ2v) is 6.26. The van der Waals surface area contributed by atoms with E-state index < -0.39 is 0 Å². The summed E-state index contributed by atoms with van der Waals surface area (Å²) in [4.78, 5) is 31.3. The third-order valence-electron chi connectivity index (χ3n) is 4.22. The number of amides is 1. The molecule has 0 atom stereocenters. The van der Waals surface area contributed by atoms with Crippen molar-refractivity contribution in [2.75, 3.05) is 18.4 Å². The molecule has 0 unspecified atom stereocenters. The van der Waals surface area contributed by atoms with Gasteiger partial charge < -0.3 is 10.2 Å². The summed E-state index contributed by atoms with van der Waals surface area (Å²) in [5, 5.41) is 3.19. The fraction of sp³-hybridized carbons (Fsp3) is 0.471. The molecule has 2 aromatic heterocycles. The molecular formula is C17H22N6O. The summed E-state index contributed by atoms with van der Waals surface area (Å²) in [6, 6.07) is 0. The van der Waals surface area contributed by atoms with E-state index >= 15 is 0 Å². The second-order valence-electron chi connectivity index (χ2n) is 6.26. The monoisotopic (exact) mass is 326 g/mol. The first-order chi connectivity index (χ1) is 11.6. The third kappa shape index (κ3) is 3.67. The number of anilines is 2. The lowest BCUT2D eigenvalue weighted by atomic mass is 9.92. The maximum absolute atomic E-state index is 12.1. The predicted molar refractivity (Wildman–Crippen MR) is 90.7 cm³/mol. The van der Waals surface area contributed by atoms with Gasteiger partial charge in [0.2, 0.25) is 5.91 Å². The van der Waals surface area contributed by atoms with Crippen molar-refractivity contribution in [2.24, 2.45) is 5.92 Å². The first-order valence-electron chi connectivity index (χ1n) is 8.28. The van der Waals surface area contributed by atoms with E-state index in [0.29, 0.717) is 11.6 Å². The second kappa shape index (κ2) is 7.33. The molecular weight excluding hydrogens is 304 g/mol. The van der Waals surface area contributed by atoms with Gasteiger partial charge in [0.05, 0.1) is 11.9 Å². The molecule has 1 aliphatic heterocycles. The Hall–Kier alpha value is -2.57. The Labute approximate surface area is 141 Å². The van der Waals surface area contributed by atoms with Crippen LogP contribution >= 0.6 is 0 Å². The van der Waals surface area contributed by atoms with E-state index in [0.717, 1.165) is 31.6 Å². The minimum atomic E-state index is 0.0481. The highest BCUT2D eigenvalue weighted by molar-refractivity contribution is 5.78. The lowest BCUT2D eigenvalue weighted by Gasteiger charge is -2.33. The van der Waals surface area contributed by atoms with Gasteiger partial charge in [-0.25, -0.2) is 9.97 Å². The number of nitrogens with zero attached hydrogens (tertiary/aromatic N) is 5. The third-order valence-corrected chi connectivity index (χ3v) is 4.22. The van der Waals surface area contributed by atoms with Crippen LogP contribution in [0.2, 0.25) is 0 Å². The molecule has 126 valence electrons. The number of piperidine rings is 1. The molecule has 2 aromatic rings. The minimum Gasteiger partial charge on any atom is -0.342 e. The van der Waals surface area contributed by atoms with Gasteiger partial charge in [-0.2, -0.15) is 0 Å². The SMILES string of the molecule is CC(C)C(=O)N1CCC(c2nccnc2Nc2cnccn2)CC1. The molecule has 1 aliphatic rings. The van der Waals surface area contributed by atoms with Gasteiger partial charge in [0, 0.05) is 49.7 Å². The van der Waals surface area contributed by atoms with Crippen LogP contribution in [-0.2, 0) is 4.79 Å². The Bertz CT molecular complexity index is 682. The molecule has 0 saturated carbocycles. The van der Waals surface area contributed by atoms with Crippen molar-refractivity contribution in [1.29, 1.82) is 0 Å². The van der Waals surface area contributed by atoms with Crippen molar-refractivity contribution >= 4 is 17.5 Å². The quantitative estimate of drug-likeness (QED) is 0.928. The number of hydrogen-bond donors (Lipinski definition) is 1. The first kappa shape index (κ1) is 16.3. The number of carbonyl (C=O) groups excluding carboxylic acids is 1. The summed E-state index contributed by atoms with van der Waals surface area (Å²) in [5.41, 5.74) is 0.930. The van der Waals surface area contributed by atoms with E-state index in [9.17, 15) is 4.79 Å². The van der Waals surface area contributed by atoms with Crippen LogP contribution in [0.25, 0.3) is 0 Å². The number of aromatic nitrogens is 4. The van der Waals surface area contributed by atoms with Gasteiger partial charge in [-0.15, -0.1) is 0 Å². The molecule has 1 amide bonds. The molecule has 1 saturated heterocycles. The van der Waals surface area contributed by atoms with E-state index in [2.05, 4.69) is 25.3 Å². The Morgan fingerprint density at radius 3 is 2.50 bits per heavy atom. The highest BCUT2D eigenvalue weighted by atomic mass is 16.2. The number of rotatable bonds is 4. The van der Waals surface area contributed by atoms with Crippen molar-refractivity contribution in [1.82, 2.24) is 24.8 Å². The average Bonchev–Trinajstić information content (AvgIpc) is 2.62. The zero-order valence-electron chi connectivity index (χ0n) is 14.0. The number of likely N-dealkylation sites (tertiary alicyclic amines) is 1. The van der Waals surface area contributed by atoms with E-state index in [1.54, 1.807) is 31.0 Å². The molecule has 0 spiro atoms. The zero-order chi connectivity index (χ0) is 16.9. The van der Waals surface area contributed by atoms with Crippen LogP contribution in [0.4, 0.5) is 11.6 Å². The van der Waals surface area contributed by atoms with Crippen molar-refractivity contribution < 1.29 is 4.79 Å². The van der Waals surface area contributed by atoms with E-state index in [-0.39, 0.29) is 17.7 Å². The van der Waals surface area contributed by atoms with E-state index in [4.69, 9.17) is 0 Å². The topological polar surface area (TPSA) is 83.9 Å². The highest BCUT2D eigenvalue weighted by Crippen LogP contribution is 2.31. The maximum atomic E-state index is 12.1. The van der Waals surface area contributed by atoms with Crippen LogP contribution in [0.1, 0.15) is 38.3 Å². The summed E-state index contributed by atoms with van der Waals surface area (Å²) >= 11 is 0. The van der Waals surface area contributed by atoms with Gasteiger partial charge in [-0.1, -0.05) is 13.8 Å². The fourth-order valence-corrected chi connectivity index (χ4v) is 2.97. The van der Waals surface area contributed by atoms with Gasteiger partial charge in [-0.3, -0.25) is 14.8 Å². The van der Waals surface area contributed by atoms with Gasteiger partial charge in [0.1, 0.15) is 5.82 Å². The molecule has 0 aliphatic carbocycles. The summed E-state index contributed by atoms with van der Waals surface area (Å²) in [7, 11) is 0. The summed E-state index contributed by atoms with van der Waals surface area (Å²) in [6.45, 7) is 5.42. The van der Waals surface area contributed by atoms with Gasteiger partial charge in [0.15, 0.2) is 5.82 Å². The smallest absolute Gasteiger partial charge is 0.225 e. The summed E-state index contributed by atoms with van der Waals surface area (Å²) in [6.07, 6.45) is 10.1. The molecule has 7 nitrogen and oxygen atoms in total. The molecule has 0 bridgehead atoms. The molecule has 1 N–H and O–H groups in total. The zero-order valence-corrected chi connectivity index (χ0v) is 14.0. The lowest BCUT2D eigenvalue weighted by Crippen LogP contribution is -2.40. The van der Waals surface area contributed by atoms with Crippen LogP contribution in [0, 0.1) is 5.92 Å². The van der Waals surface area contributed by atoms with E-state index in [1.165, 1.54) is 0 Å². The molecule has 3 heterocycles. The Morgan fingerprint density at radius 2 is 1.83 bits per heavy atom. The average molecular weight is 326 g/mol. The Morgan fingerprint density at radius 1 is 1.12 bits per heavy atom. The minimum absolute atomic E-state index is 0.0481. The Balaban J connectivity index is 1.71. The van der Waals surface area contributed by atoms with E-state index in [1.807, 2.05) is 18.7 Å². The normalized spacial score (nSPS) is 15.5. The molecule has 0 radical (unpaired) electrons. The van der Waals surface area contributed by atoms with Crippen LogP contribution in [0.3, 0.4) is 0 Å². The van der Waals surface area contributed by atoms with Crippen LogP contribution in [-0.4, -0.2) is 43.8 Å². The van der Waals surface area contributed by atoms with Crippen molar-refractivity contribution in [2.45, 2.75) is 32.6 Å². The molecule has 24 heavy (non-hydrogen) atoms. The predicted octanol–water partition coefficient (Wildman–Crippen LogP) is 2.37. The van der Waals surface area contributed by atoms with Crippen LogP contribution in [0.15, 0.2) is 31.0 Å².